The van der Waals surface area contributed by atoms with E-state index in [9.17, 15) is 4.79 Å². The van der Waals surface area contributed by atoms with E-state index in [0.717, 1.165) is 23.4 Å². The minimum atomic E-state index is -0.0717. The van der Waals surface area contributed by atoms with Crippen LogP contribution in [-0.4, -0.2) is 43.6 Å². The van der Waals surface area contributed by atoms with E-state index in [0.29, 0.717) is 13.1 Å². The standard InChI is InChI=1S/C18H24N4O/c1-21(2)17-9-7-15(8-10-17)14-22(3)18(23)20-13-11-16-6-4-5-12-19-16/h4-10,12H,11,13-14H2,1-3H3,(H,20,23). The zero-order valence-corrected chi connectivity index (χ0v) is 14.0. The number of aromatic nitrogens is 1. The Hall–Kier alpha value is -2.56. The number of benzene rings is 1. The van der Waals surface area contributed by atoms with Crippen LogP contribution in [0.4, 0.5) is 10.5 Å². The molecule has 5 heteroatoms. The number of amides is 2. The van der Waals surface area contributed by atoms with Crippen molar-refractivity contribution in [1.82, 2.24) is 15.2 Å². The smallest absolute Gasteiger partial charge is 0.317 e. The summed E-state index contributed by atoms with van der Waals surface area (Å²) in [4.78, 5) is 20.1. The molecule has 0 atom stereocenters. The summed E-state index contributed by atoms with van der Waals surface area (Å²) in [6, 6.07) is 13.9. The minimum absolute atomic E-state index is 0.0717. The molecule has 1 N–H and O–H groups in total. The van der Waals surface area contributed by atoms with Gasteiger partial charge in [-0.3, -0.25) is 4.98 Å². The quantitative estimate of drug-likeness (QED) is 0.892. The molecule has 0 unspecified atom stereocenters. The van der Waals surface area contributed by atoms with Crippen molar-refractivity contribution in [3.05, 3.63) is 59.9 Å². The number of carbonyl (C=O) groups excluding carboxylic acids is 1. The Kier molecular flexibility index (Phi) is 5.97. The number of hydrogen-bond donors (Lipinski definition) is 1. The van der Waals surface area contributed by atoms with Gasteiger partial charge in [0.15, 0.2) is 0 Å². The van der Waals surface area contributed by atoms with E-state index < -0.39 is 0 Å². The molecule has 0 spiro atoms. The average molecular weight is 312 g/mol. The molecule has 1 heterocycles. The van der Waals surface area contributed by atoms with E-state index >= 15 is 0 Å². The third-order valence-electron chi connectivity index (χ3n) is 3.60. The van der Waals surface area contributed by atoms with Gasteiger partial charge in [-0.25, -0.2) is 4.79 Å². The van der Waals surface area contributed by atoms with Gasteiger partial charge in [0.25, 0.3) is 0 Å². The molecule has 0 fully saturated rings. The van der Waals surface area contributed by atoms with Crippen LogP contribution in [0.1, 0.15) is 11.3 Å². The molecular weight excluding hydrogens is 288 g/mol. The SMILES string of the molecule is CN(Cc1ccc(N(C)C)cc1)C(=O)NCCc1ccccn1. The van der Waals surface area contributed by atoms with Gasteiger partial charge >= 0.3 is 6.03 Å². The summed E-state index contributed by atoms with van der Waals surface area (Å²) in [6.07, 6.45) is 2.50. The fourth-order valence-electron chi connectivity index (χ4n) is 2.22. The van der Waals surface area contributed by atoms with Gasteiger partial charge in [0.1, 0.15) is 0 Å². The first-order valence-corrected chi connectivity index (χ1v) is 7.71. The molecule has 0 radical (unpaired) electrons. The number of pyridine rings is 1. The maximum Gasteiger partial charge on any atom is 0.317 e. The van der Waals surface area contributed by atoms with Gasteiger partial charge < -0.3 is 15.1 Å². The van der Waals surface area contributed by atoms with E-state index in [-0.39, 0.29) is 6.03 Å². The minimum Gasteiger partial charge on any atom is -0.378 e. The van der Waals surface area contributed by atoms with Crippen molar-refractivity contribution in [2.24, 2.45) is 0 Å². The number of carbonyl (C=O) groups is 1. The average Bonchev–Trinajstić information content (AvgIpc) is 2.56. The lowest BCUT2D eigenvalue weighted by Crippen LogP contribution is -2.37. The van der Waals surface area contributed by atoms with Crippen LogP contribution in [0.25, 0.3) is 0 Å². The van der Waals surface area contributed by atoms with Crippen molar-refractivity contribution in [3.8, 4) is 0 Å². The Morgan fingerprint density at radius 3 is 2.43 bits per heavy atom. The lowest BCUT2D eigenvalue weighted by atomic mass is 10.2. The van der Waals surface area contributed by atoms with Crippen molar-refractivity contribution >= 4 is 11.7 Å². The zero-order chi connectivity index (χ0) is 16.7. The molecule has 5 nitrogen and oxygen atoms in total. The Morgan fingerprint density at radius 2 is 1.83 bits per heavy atom. The summed E-state index contributed by atoms with van der Waals surface area (Å²) in [5, 5.41) is 2.92. The lowest BCUT2D eigenvalue weighted by molar-refractivity contribution is 0.207. The van der Waals surface area contributed by atoms with Crippen LogP contribution >= 0.6 is 0 Å². The molecule has 23 heavy (non-hydrogen) atoms. The van der Waals surface area contributed by atoms with Crippen molar-refractivity contribution in [2.45, 2.75) is 13.0 Å². The van der Waals surface area contributed by atoms with Gasteiger partial charge in [0.05, 0.1) is 0 Å². The Morgan fingerprint density at radius 1 is 1.09 bits per heavy atom. The molecule has 2 rings (SSSR count). The van der Waals surface area contributed by atoms with Crippen molar-refractivity contribution in [2.75, 3.05) is 32.6 Å². The summed E-state index contributed by atoms with van der Waals surface area (Å²) in [7, 11) is 5.82. The number of rotatable bonds is 6. The number of hydrogen-bond acceptors (Lipinski definition) is 3. The normalized spacial score (nSPS) is 10.2. The van der Waals surface area contributed by atoms with E-state index in [4.69, 9.17) is 0 Å². The second-order valence-corrected chi connectivity index (χ2v) is 5.72. The summed E-state index contributed by atoms with van der Waals surface area (Å²) in [5.41, 5.74) is 3.24. The first-order valence-electron chi connectivity index (χ1n) is 7.71. The maximum atomic E-state index is 12.1. The van der Waals surface area contributed by atoms with E-state index in [2.05, 4.69) is 27.3 Å². The van der Waals surface area contributed by atoms with Gasteiger partial charge in [-0.15, -0.1) is 0 Å². The van der Waals surface area contributed by atoms with E-state index in [1.165, 1.54) is 0 Å². The predicted molar refractivity (Wildman–Crippen MR) is 93.6 cm³/mol. The summed E-state index contributed by atoms with van der Waals surface area (Å²) in [5.74, 6) is 0. The van der Waals surface area contributed by atoms with Crippen molar-refractivity contribution in [3.63, 3.8) is 0 Å². The molecule has 2 amide bonds. The molecular formula is C18H24N4O. The molecule has 1 aromatic carbocycles. The second-order valence-electron chi connectivity index (χ2n) is 5.72. The van der Waals surface area contributed by atoms with Crippen LogP contribution in [0, 0.1) is 0 Å². The third-order valence-corrected chi connectivity index (χ3v) is 3.60. The number of anilines is 1. The first kappa shape index (κ1) is 16.8. The van der Waals surface area contributed by atoms with Gasteiger partial charge in [-0.05, 0) is 29.8 Å². The third kappa shape index (κ3) is 5.29. The topological polar surface area (TPSA) is 48.5 Å². The Balaban J connectivity index is 1.78. The molecule has 0 bridgehead atoms. The monoisotopic (exact) mass is 312 g/mol. The van der Waals surface area contributed by atoms with Crippen LogP contribution in [-0.2, 0) is 13.0 Å². The summed E-state index contributed by atoms with van der Waals surface area (Å²) < 4.78 is 0. The van der Waals surface area contributed by atoms with Crippen molar-refractivity contribution in [1.29, 1.82) is 0 Å². The zero-order valence-electron chi connectivity index (χ0n) is 14.0. The Labute approximate surface area is 137 Å². The van der Waals surface area contributed by atoms with Crippen LogP contribution < -0.4 is 10.2 Å². The highest BCUT2D eigenvalue weighted by atomic mass is 16.2. The summed E-state index contributed by atoms with van der Waals surface area (Å²) in [6.45, 7) is 1.17. The van der Waals surface area contributed by atoms with Gasteiger partial charge in [-0.1, -0.05) is 18.2 Å². The van der Waals surface area contributed by atoms with E-state index in [1.54, 1.807) is 18.1 Å². The lowest BCUT2D eigenvalue weighted by Gasteiger charge is -2.19. The first-order chi connectivity index (χ1) is 11.1. The molecule has 0 saturated carbocycles. The van der Waals surface area contributed by atoms with Crippen LogP contribution in [0.5, 0.6) is 0 Å². The largest absolute Gasteiger partial charge is 0.378 e. The van der Waals surface area contributed by atoms with Crippen LogP contribution in [0.3, 0.4) is 0 Å². The molecule has 122 valence electrons. The molecule has 0 aliphatic heterocycles. The summed E-state index contributed by atoms with van der Waals surface area (Å²) >= 11 is 0. The second kappa shape index (κ2) is 8.17. The van der Waals surface area contributed by atoms with Gasteiger partial charge in [-0.2, -0.15) is 0 Å². The molecule has 2 aromatic rings. The van der Waals surface area contributed by atoms with Crippen LogP contribution in [0.2, 0.25) is 0 Å². The molecule has 1 aromatic heterocycles. The molecule has 0 saturated heterocycles. The van der Waals surface area contributed by atoms with Gasteiger partial charge in [0, 0.05) is 58.2 Å². The van der Waals surface area contributed by atoms with Crippen LogP contribution in [0.15, 0.2) is 48.7 Å². The number of urea groups is 1. The molecule has 0 aliphatic carbocycles. The number of nitrogens with zero attached hydrogens (tertiary/aromatic N) is 3. The maximum absolute atomic E-state index is 12.1. The fourth-order valence-corrected chi connectivity index (χ4v) is 2.22. The van der Waals surface area contributed by atoms with E-state index in [1.807, 2.05) is 44.4 Å². The Bertz CT molecular complexity index is 611. The highest BCUT2D eigenvalue weighted by Crippen LogP contribution is 2.13. The number of nitrogens with one attached hydrogen (secondary N) is 1. The highest BCUT2D eigenvalue weighted by molar-refractivity contribution is 5.73. The fraction of sp³-hybridized carbons (Fsp3) is 0.333. The highest BCUT2D eigenvalue weighted by Gasteiger charge is 2.08. The van der Waals surface area contributed by atoms with Gasteiger partial charge in [0.2, 0.25) is 0 Å². The van der Waals surface area contributed by atoms with Crippen molar-refractivity contribution < 1.29 is 4.79 Å². The molecule has 0 aliphatic rings. The predicted octanol–water partition coefficient (Wildman–Crippen LogP) is 2.53.